The molecule has 0 radical (unpaired) electrons. The average Bonchev–Trinajstić information content (AvgIpc) is 3.34. The lowest BCUT2D eigenvalue weighted by atomic mass is 10.0. The molecule has 122 valence electrons. The molecule has 8 heteroatoms. The SMILES string of the molecule is [C-]#[N+]C1(NS(=O)(=O)c2ccc(-c3ccccc3)c([N+](=O)[O-])c2)CC1. The zero-order valence-corrected chi connectivity index (χ0v) is 13.3. The molecule has 1 saturated carbocycles. The molecule has 24 heavy (non-hydrogen) atoms. The Kier molecular flexibility index (Phi) is 3.83. The van der Waals surface area contributed by atoms with Crippen molar-refractivity contribution in [2.75, 3.05) is 0 Å². The largest absolute Gasteiger partial charge is 0.299 e. The van der Waals surface area contributed by atoms with Crippen molar-refractivity contribution in [1.29, 1.82) is 0 Å². The molecule has 0 bridgehead atoms. The molecular formula is C16H13N3O4S. The van der Waals surface area contributed by atoms with Gasteiger partial charge in [-0.25, -0.2) is 15.0 Å². The zero-order valence-electron chi connectivity index (χ0n) is 12.5. The van der Waals surface area contributed by atoms with Gasteiger partial charge in [0.15, 0.2) is 0 Å². The maximum atomic E-state index is 12.4. The highest BCUT2D eigenvalue weighted by atomic mass is 32.2. The molecule has 1 N–H and O–H groups in total. The fraction of sp³-hybridized carbons (Fsp3) is 0.188. The highest BCUT2D eigenvalue weighted by Crippen LogP contribution is 2.39. The second kappa shape index (κ2) is 5.70. The Morgan fingerprint density at radius 2 is 1.83 bits per heavy atom. The minimum Gasteiger partial charge on any atom is -0.292 e. The van der Waals surface area contributed by atoms with E-state index in [0.717, 1.165) is 6.07 Å². The van der Waals surface area contributed by atoms with Gasteiger partial charge in [0.05, 0.1) is 28.2 Å². The number of nitro groups is 1. The van der Waals surface area contributed by atoms with Crippen LogP contribution < -0.4 is 4.72 Å². The first-order valence-electron chi connectivity index (χ1n) is 7.13. The Morgan fingerprint density at radius 1 is 1.17 bits per heavy atom. The minimum absolute atomic E-state index is 0.219. The number of sulfonamides is 1. The van der Waals surface area contributed by atoms with E-state index in [1.165, 1.54) is 12.1 Å². The van der Waals surface area contributed by atoms with Crippen LogP contribution in [-0.2, 0) is 10.0 Å². The molecule has 0 aromatic heterocycles. The summed E-state index contributed by atoms with van der Waals surface area (Å²) in [6, 6.07) is 12.5. The molecule has 0 unspecified atom stereocenters. The quantitative estimate of drug-likeness (QED) is 0.513. The summed E-state index contributed by atoms with van der Waals surface area (Å²) in [5.74, 6) is 0. The van der Waals surface area contributed by atoms with Gasteiger partial charge in [0.2, 0.25) is 10.0 Å². The summed E-state index contributed by atoms with van der Waals surface area (Å²) in [5, 5.41) is 11.4. The number of hydrogen-bond donors (Lipinski definition) is 1. The summed E-state index contributed by atoms with van der Waals surface area (Å²) < 4.78 is 27.1. The fourth-order valence-electron chi connectivity index (χ4n) is 2.36. The van der Waals surface area contributed by atoms with E-state index < -0.39 is 20.6 Å². The van der Waals surface area contributed by atoms with Crippen molar-refractivity contribution in [3.63, 3.8) is 0 Å². The summed E-state index contributed by atoms with van der Waals surface area (Å²) in [7, 11) is -3.99. The monoisotopic (exact) mass is 343 g/mol. The van der Waals surface area contributed by atoms with Gasteiger partial charge in [-0.15, -0.1) is 4.72 Å². The van der Waals surface area contributed by atoms with Crippen molar-refractivity contribution < 1.29 is 13.3 Å². The third kappa shape index (κ3) is 2.99. The van der Waals surface area contributed by atoms with Crippen molar-refractivity contribution >= 4 is 15.7 Å². The van der Waals surface area contributed by atoms with Crippen molar-refractivity contribution in [3.8, 4) is 11.1 Å². The number of nitro benzene ring substituents is 1. The summed E-state index contributed by atoms with van der Waals surface area (Å²) in [4.78, 5) is 13.8. The van der Waals surface area contributed by atoms with Crippen molar-refractivity contribution in [3.05, 3.63) is 70.1 Å². The van der Waals surface area contributed by atoms with Gasteiger partial charge in [0, 0.05) is 6.07 Å². The molecule has 1 aliphatic rings. The first kappa shape index (κ1) is 16.1. The molecule has 3 rings (SSSR count). The maximum Gasteiger partial charge on any atom is 0.299 e. The molecule has 7 nitrogen and oxygen atoms in total. The van der Waals surface area contributed by atoms with Crippen LogP contribution in [0.2, 0.25) is 0 Å². The summed E-state index contributed by atoms with van der Waals surface area (Å²) in [6.45, 7) is 7.06. The third-order valence-corrected chi connectivity index (χ3v) is 5.35. The smallest absolute Gasteiger partial charge is 0.292 e. The molecule has 1 aliphatic carbocycles. The molecule has 0 saturated heterocycles. The summed E-state index contributed by atoms with van der Waals surface area (Å²) >= 11 is 0. The first-order chi connectivity index (χ1) is 11.4. The van der Waals surface area contributed by atoms with Crippen LogP contribution in [0.4, 0.5) is 5.69 Å². The van der Waals surface area contributed by atoms with Gasteiger partial charge >= 0.3 is 0 Å². The van der Waals surface area contributed by atoms with Gasteiger partial charge in [-0.1, -0.05) is 30.3 Å². The van der Waals surface area contributed by atoms with Crippen LogP contribution in [0.3, 0.4) is 0 Å². The summed E-state index contributed by atoms with van der Waals surface area (Å²) in [5.41, 5.74) is -0.422. The maximum absolute atomic E-state index is 12.4. The Balaban J connectivity index is 2.04. The van der Waals surface area contributed by atoms with Crippen molar-refractivity contribution in [1.82, 2.24) is 4.72 Å². The van der Waals surface area contributed by atoms with Crippen LogP contribution in [0.5, 0.6) is 0 Å². The van der Waals surface area contributed by atoms with Crippen molar-refractivity contribution in [2.24, 2.45) is 0 Å². The van der Waals surface area contributed by atoms with Gasteiger partial charge in [0.25, 0.3) is 11.4 Å². The van der Waals surface area contributed by atoms with Crippen LogP contribution in [0, 0.1) is 16.7 Å². The minimum atomic E-state index is -3.99. The lowest BCUT2D eigenvalue weighted by Gasteiger charge is -2.09. The van der Waals surface area contributed by atoms with Gasteiger partial charge in [-0.2, -0.15) is 0 Å². The van der Waals surface area contributed by atoms with Gasteiger partial charge in [-0.05, 0) is 17.7 Å². The average molecular weight is 343 g/mol. The predicted octanol–water partition coefficient (Wildman–Crippen LogP) is 2.95. The van der Waals surface area contributed by atoms with Crippen molar-refractivity contribution in [2.45, 2.75) is 23.4 Å². The van der Waals surface area contributed by atoms with Crippen LogP contribution in [0.1, 0.15) is 12.8 Å². The second-order valence-electron chi connectivity index (χ2n) is 5.55. The molecule has 0 heterocycles. The van der Waals surface area contributed by atoms with Gasteiger partial charge in [0.1, 0.15) is 0 Å². The van der Waals surface area contributed by atoms with Crippen LogP contribution in [0.15, 0.2) is 53.4 Å². The van der Waals surface area contributed by atoms with Crippen LogP contribution in [0.25, 0.3) is 16.0 Å². The lowest BCUT2D eigenvalue weighted by molar-refractivity contribution is -0.384. The van der Waals surface area contributed by atoms with Crippen LogP contribution in [-0.4, -0.2) is 19.0 Å². The summed E-state index contributed by atoms with van der Waals surface area (Å²) in [6.07, 6.45) is 0.889. The molecule has 2 aromatic rings. The molecular weight excluding hydrogens is 330 g/mol. The Morgan fingerprint density at radius 3 is 2.38 bits per heavy atom. The van der Waals surface area contributed by atoms with E-state index in [1.54, 1.807) is 30.3 Å². The predicted molar refractivity (Wildman–Crippen MR) is 87.4 cm³/mol. The van der Waals surface area contributed by atoms with E-state index in [4.69, 9.17) is 6.57 Å². The van der Waals surface area contributed by atoms with E-state index in [0.29, 0.717) is 24.0 Å². The third-order valence-electron chi connectivity index (χ3n) is 3.82. The van der Waals surface area contributed by atoms with E-state index in [-0.39, 0.29) is 10.6 Å². The zero-order chi connectivity index (χ0) is 17.4. The van der Waals surface area contributed by atoms with E-state index >= 15 is 0 Å². The second-order valence-corrected chi connectivity index (χ2v) is 7.23. The molecule has 2 aromatic carbocycles. The Hall–Kier alpha value is -2.76. The molecule has 0 spiro atoms. The van der Waals surface area contributed by atoms with Gasteiger partial charge < -0.3 is 0 Å². The Bertz CT molecular complexity index is 945. The van der Waals surface area contributed by atoms with Crippen LogP contribution >= 0.6 is 0 Å². The van der Waals surface area contributed by atoms with E-state index in [9.17, 15) is 18.5 Å². The number of nitrogens with one attached hydrogen (secondary N) is 1. The van der Waals surface area contributed by atoms with Gasteiger partial charge in [-0.3, -0.25) is 15.0 Å². The highest BCUT2D eigenvalue weighted by molar-refractivity contribution is 7.89. The van der Waals surface area contributed by atoms with E-state index in [1.807, 2.05) is 0 Å². The normalized spacial score (nSPS) is 15.5. The molecule has 0 amide bonds. The molecule has 0 aliphatic heterocycles. The number of benzene rings is 2. The number of hydrogen-bond acceptors (Lipinski definition) is 4. The standard InChI is InChI=1S/C16H13N3O4S/c1-17-16(9-10-16)18-24(22,23)13-7-8-14(15(11-13)19(20)21)12-5-3-2-4-6-12/h2-8,11,18H,9-10H2. The Labute approximate surface area is 139 Å². The number of rotatable bonds is 5. The molecule has 0 atom stereocenters. The molecule has 1 fully saturated rings. The topological polar surface area (TPSA) is 93.7 Å². The fourth-order valence-corrected chi connectivity index (χ4v) is 3.74. The lowest BCUT2D eigenvalue weighted by Crippen LogP contribution is -2.34. The number of nitrogens with zero attached hydrogens (tertiary/aromatic N) is 2. The van der Waals surface area contributed by atoms with E-state index in [2.05, 4.69) is 9.57 Å². The first-order valence-corrected chi connectivity index (χ1v) is 8.62. The highest BCUT2D eigenvalue weighted by Gasteiger charge is 2.54.